The van der Waals surface area contributed by atoms with E-state index in [4.69, 9.17) is 4.98 Å². The average molecular weight is 299 g/mol. The summed E-state index contributed by atoms with van der Waals surface area (Å²) in [6.07, 6.45) is 13.9. The van der Waals surface area contributed by atoms with Crippen LogP contribution in [-0.2, 0) is 0 Å². The number of rotatable bonds is 2. The summed E-state index contributed by atoms with van der Waals surface area (Å²) in [6, 6.07) is 6.89. The summed E-state index contributed by atoms with van der Waals surface area (Å²) in [5, 5.41) is 1.42. The van der Waals surface area contributed by atoms with Crippen molar-refractivity contribution in [2.75, 3.05) is 0 Å². The van der Waals surface area contributed by atoms with E-state index in [9.17, 15) is 0 Å². The van der Waals surface area contributed by atoms with Crippen LogP contribution in [-0.4, -0.2) is 4.98 Å². The van der Waals surface area contributed by atoms with Gasteiger partial charge in [0.2, 0.25) is 0 Å². The van der Waals surface area contributed by atoms with Gasteiger partial charge in [0.05, 0.1) is 15.2 Å². The first kappa shape index (κ1) is 13.8. The predicted molar refractivity (Wildman–Crippen MR) is 91.3 cm³/mol. The third-order valence-corrected chi connectivity index (χ3v) is 6.65. The summed E-state index contributed by atoms with van der Waals surface area (Å²) in [4.78, 5) is 5.13. The Hall–Kier alpha value is -0.890. The molecule has 0 radical (unpaired) electrons. The Labute approximate surface area is 131 Å². The van der Waals surface area contributed by atoms with Gasteiger partial charge in [0.15, 0.2) is 0 Å². The van der Waals surface area contributed by atoms with Crippen molar-refractivity contribution >= 4 is 21.6 Å². The molecule has 4 rings (SSSR count). The van der Waals surface area contributed by atoms with Crippen LogP contribution in [0.15, 0.2) is 18.2 Å². The average Bonchev–Trinajstić information content (AvgIpc) is 3.00. The first-order valence-electron chi connectivity index (χ1n) is 8.81. The van der Waals surface area contributed by atoms with Gasteiger partial charge in [0.1, 0.15) is 0 Å². The number of nitrogens with zero attached hydrogens (tertiary/aromatic N) is 1. The highest BCUT2D eigenvalue weighted by atomic mass is 32.1. The van der Waals surface area contributed by atoms with E-state index in [1.807, 2.05) is 11.3 Å². The molecule has 2 heteroatoms. The molecule has 0 aliphatic heterocycles. The predicted octanol–water partition coefficient (Wildman–Crippen LogP) is 6.39. The molecule has 112 valence electrons. The molecule has 1 aromatic heterocycles. The van der Waals surface area contributed by atoms with E-state index in [0.29, 0.717) is 0 Å². The molecule has 0 saturated heterocycles. The van der Waals surface area contributed by atoms with Crippen LogP contribution in [0.5, 0.6) is 0 Å². The minimum atomic E-state index is 0.746. The summed E-state index contributed by atoms with van der Waals surface area (Å²) in [5.41, 5.74) is 2.89. The van der Waals surface area contributed by atoms with Gasteiger partial charge in [0.25, 0.3) is 0 Å². The minimum Gasteiger partial charge on any atom is -0.241 e. The van der Waals surface area contributed by atoms with Crippen LogP contribution in [0.3, 0.4) is 0 Å². The lowest BCUT2D eigenvalue weighted by Crippen LogP contribution is -2.06. The molecule has 0 spiro atoms. The van der Waals surface area contributed by atoms with Crippen molar-refractivity contribution in [3.05, 3.63) is 28.8 Å². The summed E-state index contributed by atoms with van der Waals surface area (Å²) in [6.45, 7) is 0. The van der Waals surface area contributed by atoms with Gasteiger partial charge in [-0.1, -0.05) is 50.7 Å². The van der Waals surface area contributed by atoms with E-state index in [-0.39, 0.29) is 0 Å². The van der Waals surface area contributed by atoms with E-state index in [2.05, 4.69) is 18.2 Å². The molecule has 2 aromatic rings. The Balaban J connectivity index is 1.69. The highest BCUT2D eigenvalue weighted by Gasteiger charge is 2.22. The van der Waals surface area contributed by atoms with Gasteiger partial charge in [-0.25, -0.2) is 4.98 Å². The van der Waals surface area contributed by atoms with Gasteiger partial charge in [-0.15, -0.1) is 11.3 Å². The van der Waals surface area contributed by atoms with Crippen molar-refractivity contribution in [1.82, 2.24) is 4.98 Å². The number of thiazole rings is 1. The van der Waals surface area contributed by atoms with Crippen molar-refractivity contribution < 1.29 is 0 Å². The fourth-order valence-electron chi connectivity index (χ4n) is 4.25. The maximum Gasteiger partial charge on any atom is 0.0969 e. The van der Waals surface area contributed by atoms with E-state index in [1.165, 1.54) is 79.4 Å². The van der Waals surface area contributed by atoms with Crippen LogP contribution in [0.4, 0.5) is 0 Å². The van der Waals surface area contributed by atoms with Crippen LogP contribution in [0.2, 0.25) is 0 Å². The molecule has 1 nitrogen and oxygen atoms in total. The normalized spacial score (nSPS) is 21.9. The van der Waals surface area contributed by atoms with Gasteiger partial charge in [0, 0.05) is 5.92 Å². The Bertz CT molecular complexity index is 603. The number of hydrogen-bond donors (Lipinski definition) is 0. The first-order chi connectivity index (χ1) is 10.4. The zero-order valence-electron chi connectivity index (χ0n) is 12.8. The molecule has 2 fully saturated rings. The molecular weight excluding hydrogens is 274 g/mol. The van der Waals surface area contributed by atoms with Crippen molar-refractivity contribution in [3.8, 4) is 0 Å². The molecule has 0 unspecified atom stereocenters. The zero-order chi connectivity index (χ0) is 14.1. The monoisotopic (exact) mass is 299 g/mol. The second-order valence-electron chi connectivity index (χ2n) is 6.92. The zero-order valence-corrected chi connectivity index (χ0v) is 13.6. The standard InChI is InChI=1S/C19H25NS/c1-3-8-14(9-4-1)16-12-7-13-17-18(16)20-19(21-17)15-10-5-2-6-11-15/h7,12-15H,1-6,8-11H2. The van der Waals surface area contributed by atoms with Crippen LogP contribution in [0.25, 0.3) is 10.2 Å². The van der Waals surface area contributed by atoms with E-state index < -0.39 is 0 Å². The number of para-hydroxylation sites is 1. The van der Waals surface area contributed by atoms with Crippen molar-refractivity contribution in [2.45, 2.75) is 76.0 Å². The number of benzene rings is 1. The second kappa shape index (κ2) is 6.08. The Morgan fingerprint density at radius 1 is 0.810 bits per heavy atom. The van der Waals surface area contributed by atoms with Crippen LogP contribution < -0.4 is 0 Å². The summed E-state index contributed by atoms with van der Waals surface area (Å²) < 4.78 is 1.43. The highest BCUT2D eigenvalue weighted by Crippen LogP contribution is 2.41. The molecular formula is C19H25NS. The lowest BCUT2D eigenvalue weighted by atomic mass is 9.83. The summed E-state index contributed by atoms with van der Waals surface area (Å²) in [7, 11) is 0. The second-order valence-corrected chi connectivity index (χ2v) is 7.98. The molecule has 2 saturated carbocycles. The molecule has 1 aromatic carbocycles. The summed E-state index contributed by atoms with van der Waals surface area (Å²) in [5.74, 6) is 1.51. The highest BCUT2D eigenvalue weighted by molar-refractivity contribution is 7.18. The third kappa shape index (κ3) is 2.75. The lowest BCUT2D eigenvalue weighted by molar-refractivity contribution is 0.441. The number of fused-ring (bicyclic) bond motifs is 1. The Morgan fingerprint density at radius 3 is 2.19 bits per heavy atom. The van der Waals surface area contributed by atoms with E-state index >= 15 is 0 Å². The van der Waals surface area contributed by atoms with Gasteiger partial charge < -0.3 is 0 Å². The maximum absolute atomic E-state index is 5.13. The Morgan fingerprint density at radius 2 is 1.48 bits per heavy atom. The Kier molecular flexibility index (Phi) is 3.98. The molecule has 0 atom stereocenters. The van der Waals surface area contributed by atoms with Crippen molar-refractivity contribution in [1.29, 1.82) is 0 Å². The third-order valence-electron chi connectivity index (χ3n) is 5.47. The van der Waals surface area contributed by atoms with Crippen LogP contribution >= 0.6 is 11.3 Å². The van der Waals surface area contributed by atoms with Gasteiger partial charge in [-0.3, -0.25) is 0 Å². The number of hydrogen-bond acceptors (Lipinski definition) is 2. The minimum absolute atomic E-state index is 0.746. The molecule has 2 aliphatic carbocycles. The summed E-state index contributed by atoms with van der Waals surface area (Å²) >= 11 is 1.97. The molecule has 0 bridgehead atoms. The SMILES string of the molecule is c1cc(C2CCCCC2)c2nc(C3CCCCC3)sc2c1. The van der Waals surface area contributed by atoms with Crippen LogP contribution in [0, 0.1) is 0 Å². The molecule has 0 amide bonds. The quantitative estimate of drug-likeness (QED) is 0.626. The smallest absolute Gasteiger partial charge is 0.0969 e. The number of aromatic nitrogens is 1. The van der Waals surface area contributed by atoms with E-state index in [0.717, 1.165) is 11.8 Å². The maximum atomic E-state index is 5.13. The van der Waals surface area contributed by atoms with Crippen LogP contribution in [0.1, 0.15) is 86.6 Å². The van der Waals surface area contributed by atoms with E-state index in [1.54, 1.807) is 5.56 Å². The molecule has 0 N–H and O–H groups in total. The van der Waals surface area contributed by atoms with Gasteiger partial charge >= 0.3 is 0 Å². The molecule has 21 heavy (non-hydrogen) atoms. The van der Waals surface area contributed by atoms with Gasteiger partial charge in [-0.05, 0) is 43.2 Å². The van der Waals surface area contributed by atoms with Gasteiger partial charge in [-0.2, -0.15) is 0 Å². The largest absolute Gasteiger partial charge is 0.241 e. The molecule has 1 heterocycles. The fourth-order valence-corrected chi connectivity index (χ4v) is 5.43. The first-order valence-corrected chi connectivity index (χ1v) is 9.63. The molecule has 2 aliphatic rings. The topological polar surface area (TPSA) is 12.9 Å². The lowest BCUT2D eigenvalue weighted by Gasteiger charge is -2.22. The van der Waals surface area contributed by atoms with Crippen molar-refractivity contribution in [2.24, 2.45) is 0 Å². The van der Waals surface area contributed by atoms with Crippen molar-refractivity contribution in [3.63, 3.8) is 0 Å². The fraction of sp³-hybridized carbons (Fsp3) is 0.632.